The van der Waals surface area contributed by atoms with E-state index in [2.05, 4.69) is 12.1 Å². The van der Waals surface area contributed by atoms with Gasteiger partial charge in [-0.15, -0.1) is 0 Å². The molecule has 2 aromatic carbocycles. The Morgan fingerprint density at radius 1 is 1.09 bits per heavy atom. The highest BCUT2D eigenvalue weighted by Crippen LogP contribution is 2.21. The molecule has 0 radical (unpaired) electrons. The van der Waals surface area contributed by atoms with E-state index in [1.54, 1.807) is 0 Å². The summed E-state index contributed by atoms with van der Waals surface area (Å²) in [6.07, 6.45) is 1.36. The van der Waals surface area contributed by atoms with Gasteiger partial charge in [-0.25, -0.2) is 0 Å². The molecule has 1 aliphatic rings. The van der Waals surface area contributed by atoms with Crippen molar-refractivity contribution in [1.29, 1.82) is 0 Å². The Morgan fingerprint density at radius 2 is 1.77 bits per heavy atom. The summed E-state index contributed by atoms with van der Waals surface area (Å²) in [5, 5.41) is 0. The molecule has 0 atom stereocenters. The van der Waals surface area contributed by atoms with Crippen molar-refractivity contribution < 1.29 is 4.79 Å². The zero-order valence-corrected chi connectivity index (χ0v) is 13.1. The summed E-state index contributed by atoms with van der Waals surface area (Å²) in [4.78, 5) is 15.2. The van der Waals surface area contributed by atoms with Crippen molar-refractivity contribution in [2.45, 2.75) is 19.4 Å². The lowest BCUT2D eigenvalue weighted by molar-refractivity contribution is 0.0734. The van der Waals surface area contributed by atoms with Gasteiger partial charge in [0.1, 0.15) is 0 Å². The molecule has 0 fully saturated rings. The Hall–Kier alpha value is -2.20. The van der Waals surface area contributed by atoms with Crippen LogP contribution in [0.25, 0.3) is 0 Å². The lowest BCUT2D eigenvalue weighted by Gasteiger charge is -2.29. The highest BCUT2D eigenvalue weighted by molar-refractivity contribution is 7.80. The smallest absolute Gasteiger partial charge is 0.254 e. The standard InChI is InChI=1S/C18H18N2OS/c19-17(22)11-14-6-3-4-8-16(14)18(21)20-10-9-13-5-1-2-7-15(13)12-20/h1-8H,9-12H2,(H2,19,22). The lowest BCUT2D eigenvalue weighted by Crippen LogP contribution is -2.36. The fourth-order valence-electron chi connectivity index (χ4n) is 2.91. The molecule has 2 N–H and O–H groups in total. The first-order chi connectivity index (χ1) is 10.6. The Kier molecular flexibility index (Phi) is 4.20. The molecule has 3 rings (SSSR count). The molecule has 0 bridgehead atoms. The maximum atomic E-state index is 12.9. The van der Waals surface area contributed by atoms with Gasteiger partial charge in [0.15, 0.2) is 0 Å². The molecule has 0 aliphatic carbocycles. The second-order valence-corrected chi connectivity index (χ2v) is 6.07. The fraction of sp³-hybridized carbons (Fsp3) is 0.222. The van der Waals surface area contributed by atoms with Gasteiger partial charge in [-0.2, -0.15) is 0 Å². The van der Waals surface area contributed by atoms with Crippen molar-refractivity contribution in [1.82, 2.24) is 4.90 Å². The first kappa shape index (κ1) is 14.7. The summed E-state index contributed by atoms with van der Waals surface area (Å²) in [7, 11) is 0. The first-order valence-electron chi connectivity index (χ1n) is 7.37. The maximum absolute atomic E-state index is 12.9. The van der Waals surface area contributed by atoms with Crippen LogP contribution in [-0.4, -0.2) is 22.3 Å². The minimum absolute atomic E-state index is 0.0568. The normalized spacial score (nSPS) is 13.5. The van der Waals surface area contributed by atoms with Gasteiger partial charge in [0.25, 0.3) is 5.91 Å². The van der Waals surface area contributed by atoms with Gasteiger partial charge >= 0.3 is 0 Å². The van der Waals surface area contributed by atoms with Crippen molar-refractivity contribution in [3.8, 4) is 0 Å². The third-order valence-corrected chi connectivity index (χ3v) is 4.17. The van der Waals surface area contributed by atoms with E-state index >= 15 is 0 Å². The maximum Gasteiger partial charge on any atom is 0.254 e. The molecule has 22 heavy (non-hydrogen) atoms. The van der Waals surface area contributed by atoms with Crippen LogP contribution in [0.1, 0.15) is 27.0 Å². The van der Waals surface area contributed by atoms with E-state index in [-0.39, 0.29) is 5.91 Å². The number of benzene rings is 2. The van der Waals surface area contributed by atoms with Crippen LogP contribution in [0.4, 0.5) is 0 Å². The largest absolute Gasteiger partial charge is 0.393 e. The molecule has 4 heteroatoms. The van der Waals surface area contributed by atoms with Gasteiger partial charge in [-0.05, 0) is 29.2 Å². The average Bonchev–Trinajstić information content (AvgIpc) is 2.54. The predicted molar refractivity (Wildman–Crippen MR) is 91.8 cm³/mol. The Balaban J connectivity index is 1.85. The van der Waals surface area contributed by atoms with E-state index < -0.39 is 0 Å². The van der Waals surface area contributed by atoms with Crippen molar-refractivity contribution in [3.63, 3.8) is 0 Å². The summed E-state index contributed by atoms with van der Waals surface area (Å²) >= 11 is 4.99. The summed E-state index contributed by atoms with van der Waals surface area (Å²) in [5.74, 6) is 0.0568. The van der Waals surface area contributed by atoms with Gasteiger partial charge in [0, 0.05) is 25.1 Å². The Labute approximate surface area is 135 Å². The van der Waals surface area contributed by atoms with Crippen molar-refractivity contribution in [3.05, 3.63) is 70.8 Å². The van der Waals surface area contributed by atoms with Crippen LogP contribution in [0, 0.1) is 0 Å². The minimum Gasteiger partial charge on any atom is -0.393 e. The molecule has 1 heterocycles. The molecular formula is C18H18N2OS. The van der Waals surface area contributed by atoms with E-state index in [1.165, 1.54) is 11.1 Å². The van der Waals surface area contributed by atoms with Crippen LogP contribution in [0.3, 0.4) is 0 Å². The minimum atomic E-state index is 0.0568. The number of nitrogens with zero attached hydrogens (tertiary/aromatic N) is 1. The Morgan fingerprint density at radius 3 is 2.55 bits per heavy atom. The monoisotopic (exact) mass is 310 g/mol. The molecule has 0 saturated carbocycles. The number of thiocarbonyl (C=S) groups is 1. The lowest BCUT2D eigenvalue weighted by atomic mass is 9.98. The number of carbonyl (C=O) groups is 1. The molecule has 1 aliphatic heterocycles. The van der Waals surface area contributed by atoms with Crippen molar-refractivity contribution >= 4 is 23.1 Å². The summed E-state index contributed by atoms with van der Waals surface area (Å²) in [6, 6.07) is 15.9. The topological polar surface area (TPSA) is 46.3 Å². The molecule has 0 aromatic heterocycles. The Bertz CT molecular complexity index is 727. The molecule has 3 nitrogen and oxygen atoms in total. The van der Waals surface area contributed by atoms with Crippen molar-refractivity contribution in [2.24, 2.45) is 5.73 Å². The van der Waals surface area contributed by atoms with E-state index in [0.717, 1.165) is 18.5 Å². The van der Waals surface area contributed by atoms with Crippen LogP contribution < -0.4 is 5.73 Å². The second-order valence-electron chi connectivity index (χ2n) is 5.55. The quantitative estimate of drug-likeness (QED) is 0.887. The second kappa shape index (κ2) is 6.28. The third-order valence-electron chi connectivity index (χ3n) is 4.03. The number of hydrogen-bond donors (Lipinski definition) is 1. The van der Waals surface area contributed by atoms with Gasteiger partial charge in [-0.1, -0.05) is 54.7 Å². The van der Waals surface area contributed by atoms with Crippen molar-refractivity contribution in [2.75, 3.05) is 6.54 Å². The van der Waals surface area contributed by atoms with E-state index in [9.17, 15) is 4.79 Å². The number of amides is 1. The molecule has 112 valence electrons. The number of rotatable bonds is 3. The number of nitrogens with two attached hydrogens (primary N) is 1. The van der Waals surface area contributed by atoms with Gasteiger partial charge < -0.3 is 10.6 Å². The van der Waals surface area contributed by atoms with E-state index in [1.807, 2.05) is 41.3 Å². The molecule has 0 unspecified atom stereocenters. The van der Waals surface area contributed by atoms with Crippen LogP contribution in [-0.2, 0) is 19.4 Å². The summed E-state index contributed by atoms with van der Waals surface area (Å²) < 4.78 is 0. The number of carbonyl (C=O) groups excluding carboxylic acids is 1. The summed E-state index contributed by atoms with van der Waals surface area (Å²) in [6.45, 7) is 1.41. The number of fused-ring (bicyclic) bond motifs is 1. The van der Waals surface area contributed by atoms with Crippen LogP contribution in [0.15, 0.2) is 48.5 Å². The molecular weight excluding hydrogens is 292 g/mol. The summed E-state index contributed by atoms with van der Waals surface area (Å²) in [5.41, 5.74) is 9.81. The fourth-order valence-corrected chi connectivity index (χ4v) is 3.07. The van der Waals surface area contributed by atoms with Gasteiger partial charge in [0.2, 0.25) is 0 Å². The molecule has 0 spiro atoms. The first-order valence-corrected chi connectivity index (χ1v) is 7.78. The zero-order valence-electron chi connectivity index (χ0n) is 12.3. The van der Waals surface area contributed by atoms with Gasteiger partial charge in [-0.3, -0.25) is 4.79 Å². The zero-order chi connectivity index (χ0) is 15.5. The third kappa shape index (κ3) is 3.02. The SMILES string of the molecule is NC(=S)Cc1ccccc1C(=O)N1CCc2ccccc2C1. The highest BCUT2D eigenvalue weighted by Gasteiger charge is 2.23. The molecule has 0 saturated heterocycles. The highest BCUT2D eigenvalue weighted by atomic mass is 32.1. The van der Waals surface area contributed by atoms with E-state index in [4.69, 9.17) is 18.0 Å². The van der Waals surface area contributed by atoms with Crippen LogP contribution in [0.5, 0.6) is 0 Å². The molecule has 2 aromatic rings. The number of hydrogen-bond acceptors (Lipinski definition) is 2. The van der Waals surface area contributed by atoms with Gasteiger partial charge in [0.05, 0.1) is 4.99 Å². The van der Waals surface area contributed by atoms with E-state index in [0.29, 0.717) is 23.5 Å². The predicted octanol–water partition coefficient (Wildman–Crippen LogP) is 2.71. The molecule has 1 amide bonds. The van der Waals surface area contributed by atoms with Crippen LogP contribution >= 0.6 is 12.2 Å². The average molecular weight is 310 g/mol. The van der Waals surface area contributed by atoms with Crippen LogP contribution in [0.2, 0.25) is 0 Å².